The summed E-state index contributed by atoms with van der Waals surface area (Å²) in [6.45, 7) is 3.35. The van der Waals surface area contributed by atoms with E-state index in [4.69, 9.17) is 4.74 Å². The Morgan fingerprint density at radius 1 is 1.62 bits per heavy atom. The summed E-state index contributed by atoms with van der Waals surface area (Å²) in [5.74, 6) is 0.881. The fourth-order valence-corrected chi connectivity index (χ4v) is 1.83. The molecule has 2 rings (SSSR count). The van der Waals surface area contributed by atoms with Gasteiger partial charge >= 0.3 is 0 Å². The van der Waals surface area contributed by atoms with E-state index in [0.717, 1.165) is 24.3 Å². The van der Waals surface area contributed by atoms with E-state index >= 15 is 0 Å². The SMILES string of the molecule is CC(Br)CNC(=O)c1ccc2c(c1)CCO2. The Morgan fingerprint density at radius 3 is 3.19 bits per heavy atom. The highest BCUT2D eigenvalue weighted by Crippen LogP contribution is 2.25. The predicted octanol–water partition coefficient (Wildman–Crippen LogP) is 2.13. The predicted molar refractivity (Wildman–Crippen MR) is 66.4 cm³/mol. The lowest BCUT2D eigenvalue weighted by molar-refractivity contribution is 0.0954. The lowest BCUT2D eigenvalue weighted by atomic mass is 10.1. The zero-order valence-electron chi connectivity index (χ0n) is 9.13. The molecule has 0 saturated carbocycles. The van der Waals surface area contributed by atoms with Crippen molar-refractivity contribution in [2.45, 2.75) is 18.2 Å². The van der Waals surface area contributed by atoms with E-state index in [2.05, 4.69) is 21.2 Å². The molecule has 1 aromatic rings. The molecule has 1 atom stereocenters. The van der Waals surface area contributed by atoms with Gasteiger partial charge in [-0.2, -0.15) is 0 Å². The molecule has 1 amide bonds. The summed E-state index contributed by atoms with van der Waals surface area (Å²) in [6.07, 6.45) is 0.894. The maximum Gasteiger partial charge on any atom is 0.251 e. The third-order valence-electron chi connectivity index (χ3n) is 2.50. The Balaban J connectivity index is 2.06. The van der Waals surface area contributed by atoms with Crippen molar-refractivity contribution in [1.29, 1.82) is 0 Å². The minimum absolute atomic E-state index is 0.0269. The van der Waals surface area contributed by atoms with Crippen LogP contribution >= 0.6 is 15.9 Å². The van der Waals surface area contributed by atoms with E-state index in [0.29, 0.717) is 12.1 Å². The maximum absolute atomic E-state index is 11.8. The van der Waals surface area contributed by atoms with Gasteiger partial charge in [-0.15, -0.1) is 0 Å². The molecule has 0 saturated heterocycles. The topological polar surface area (TPSA) is 38.3 Å². The lowest BCUT2D eigenvalue weighted by Crippen LogP contribution is -2.28. The quantitative estimate of drug-likeness (QED) is 0.864. The van der Waals surface area contributed by atoms with Gasteiger partial charge in [0.15, 0.2) is 0 Å². The van der Waals surface area contributed by atoms with Crippen LogP contribution < -0.4 is 10.1 Å². The molecule has 4 heteroatoms. The molecule has 3 nitrogen and oxygen atoms in total. The standard InChI is InChI=1S/C12H14BrNO2/c1-8(13)7-14-12(15)10-2-3-11-9(6-10)4-5-16-11/h2-3,6,8H,4-5,7H2,1H3,(H,14,15). The van der Waals surface area contributed by atoms with E-state index in [1.165, 1.54) is 0 Å². The first-order chi connectivity index (χ1) is 7.66. The second-order valence-corrected chi connectivity index (χ2v) is 5.47. The number of hydrogen-bond donors (Lipinski definition) is 1. The number of alkyl halides is 1. The van der Waals surface area contributed by atoms with E-state index in [-0.39, 0.29) is 10.7 Å². The average Bonchev–Trinajstić information content (AvgIpc) is 2.72. The Hall–Kier alpha value is -1.03. The second-order valence-electron chi connectivity index (χ2n) is 3.91. The molecule has 86 valence electrons. The van der Waals surface area contributed by atoms with Crippen molar-refractivity contribution in [2.75, 3.05) is 13.2 Å². The number of halogens is 1. The molecule has 1 aliphatic rings. The van der Waals surface area contributed by atoms with Gasteiger partial charge in [-0.25, -0.2) is 0 Å². The van der Waals surface area contributed by atoms with Gasteiger partial charge in [-0.05, 0) is 23.8 Å². The molecule has 0 bridgehead atoms. The highest BCUT2D eigenvalue weighted by Gasteiger charge is 2.14. The van der Waals surface area contributed by atoms with Gasteiger partial charge in [-0.3, -0.25) is 4.79 Å². The monoisotopic (exact) mass is 283 g/mol. The summed E-state index contributed by atoms with van der Waals surface area (Å²) in [6, 6.07) is 5.59. The van der Waals surface area contributed by atoms with Crippen LogP contribution in [0.5, 0.6) is 5.75 Å². The molecule has 1 N–H and O–H groups in total. The number of carbonyl (C=O) groups excluding carboxylic acids is 1. The first kappa shape index (κ1) is 11.5. The first-order valence-electron chi connectivity index (χ1n) is 5.35. The van der Waals surface area contributed by atoms with Crippen molar-refractivity contribution in [3.05, 3.63) is 29.3 Å². The number of carbonyl (C=O) groups is 1. The molecule has 1 aromatic carbocycles. The normalized spacial score (nSPS) is 15.1. The third-order valence-corrected chi connectivity index (χ3v) is 2.82. The Kier molecular flexibility index (Phi) is 3.49. The van der Waals surface area contributed by atoms with Crippen LogP contribution in [0.15, 0.2) is 18.2 Å². The summed E-state index contributed by atoms with van der Waals surface area (Å²) in [5.41, 5.74) is 1.83. The number of hydrogen-bond acceptors (Lipinski definition) is 2. The van der Waals surface area contributed by atoms with E-state index in [1.54, 1.807) is 6.07 Å². The molecule has 0 radical (unpaired) electrons. The van der Waals surface area contributed by atoms with Gasteiger partial charge < -0.3 is 10.1 Å². The van der Waals surface area contributed by atoms with E-state index in [9.17, 15) is 4.79 Å². The number of rotatable bonds is 3. The molecule has 1 aliphatic heterocycles. The van der Waals surface area contributed by atoms with Gasteiger partial charge in [0.25, 0.3) is 5.91 Å². The van der Waals surface area contributed by atoms with Crippen LogP contribution in [0.3, 0.4) is 0 Å². The molecule has 16 heavy (non-hydrogen) atoms. The first-order valence-corrected chi connectivity index (χ1v) is 6.26. The van der Waals surface area contributed by atoms with Crippen LogP contribution in [-0.2, 0) is 6.42 Å². The number of fused-ring (bicyclic) bond motifs is 1. The minimum Gasteiger partial charge on any atom is -0.493 e. The van der Waals surface area contributed by atoms with Crippen LogP contribution in [0.1, 0.15) is 22.8 Å². The maximum atomic E-state index is 11.8. The van der Waals surface area contributed by atoms with Gasteiger partial charge in [0.2, 0.25) is 0 Å². The van der Waals surface area contributed by atoms with Crippen molar-refractivity contribution < 1.29 is 9.53 Å². The smallest absolute Gasteiger partial charge is 0.251 e. The van der Waals surface area contributed by atoms with Gasteiger partial charge in [0.1, 0.15) is 5.75 Å². The molecule has 1 unspecified atom stereocenters. The van der Waals surface area contributed by atoms with Crippen LogP contribution in [0.25, 0.3) is 0 Å². The van der Waals surface area contributed by atoms with Crippen LogP contribution in [0, 0.1) is 0 Å². The highest BCUT2D eigenvalue weighted by atomic mass is 79.9. The van der Waals surface area contributed by atoms with Gasteiger partial charge in [0, 0.05) is 23.4 Å². The van der Waals surface area contributed by atoms with Crippen LogP contribution in [-0.4, -0.2) is 23.9 Å². The number of ether oxygens (including phenoxy) is 1. The van der Waals surface area contributed by atoms with Crippen molar-refractivity contribution >= 4 is 21.8 Å². The Morgan fingerprint density at radius 2 is 2.44 bits per heavy atom. The Bertz CT molecular complexity index is 404. The number of nitrogens with one attached hydrogen (secondary N) is 1. The fraction of sp³-hybridized carbons (Fsp3) is 0.417. The molecule has 1 heterocycles. The fourth-order valence-electron chi connectivity index (χ4n) is 1.66. The lowest BCUT2D eigenvalue weighted by Gasteiger charge is -2.07. The zero-order valence-corrected chi connectivity index (χ0v) is 10.7. The molecule has 0 aliphatic carbocycles. The average molecular weight is 284 g/mol. The van der Waals surface area contributed by atoms with Crippen molar-refractivity contribution in [3.8, 4) is 5.75 Å². The van der Waals surface area contributed by atoms with Crippen LogP contribution in [0.2, 0.25) is 0 Å². The van der Waals surface area contributed by atoms with Crippen molar-refractivity contribution in [3.63, 3.8) is 0 Å². The van der Waals surface area contributed by atoms with Crippen molar-refractivity contribution in [2.24, 2.45) is 0 Å². The van der Waals surface area contributed by atoms with Gasteiger partial charge in [-0.1, -0.05) is 22.9 Å². The number of benzene rings is 1. The zero-order chi connectivity index (χ0) is 11.5. The summed E-state index contributed by atoms with van der Waals surface area (Å²) < 4.78 is 5.39. The third kappa shape index (κ3) is 2.55. The molecule has 0 fully saturated rings. The number of amides is 1. The highest BCUT2D eigenvalue weighted by molar-refractivity contribution is 9.09. The van der Waals surface area contributed by atoms with E-state index in [1.807, 2.05) is 19.1 Å². The largest absolute Gasteiger partial charge is 0.493 e. The second kappa shape index (κ2) is 4.87. The summed E-state index contributed by atoms with van der Waals surface area (Å²) in [7, 11) is 0. The van der Waals surface area contributed by atoms with Crippen LogP contribution in [0.4, 0.5) is 0 Å². The minimum atomic E-state index is -0.0269. The van der Waals surface area contributed by atoms with Crippen molar-refractivity contribution in [1.82, 2.24) is 5.32 Å². The summed E-state index contributed by atoms with van der Waals surface area (Å²) >= 11 is 3.39. The summed E-state index contributed by atoms with van der Waals surface area (Å²) in [5, 5.41) is 2.86. The van der Waals surface area contributed by atoms with Gasteiger partial charge in [0.05, 0.1) is 6.61 Å². The molecule has 0 spiro atoms. The molecular weight excluding hydrogens is 270 g/mol. The van der Waals surface area contributed by atoms with E-state index < -0.39 is 0 Å². The Labute approximate surface area is 103 Å². The molecule has 0 aromatic heterocycles. The molecular formula is C12H14BrNO2. The summed E-state index contributed by atoms with van der Waals surface area (Å²) in [4.78, 5) is 12.1.